The second-order valence-electron chi connectivity index (χ2n) is 3.96. The number of carbonyl (C=O) groups excluding carboxylic acids is 1. The number of alkyl halides is 1. The van der Waals surface area contributed by atoms with Crippen molar-refractivity contribution in [1.82, 2.24) is 4.98 Å². The molecule has 0 spiro atoms. The first-order chi connectivity index (χ1) is 7.09. The van der Waals surface area contributed by atoms with Crippen LogP contribution in [-0.4, -0.2) is 22.3 Å². The molecule has 1 atom stereocenters. The Hall–Kier alpha value is -0.420. The molecule has 0 radical (unpaired) electrons. The van der Waals surface area contributed by atoms with Gasteiger partial charge in [0.05, 0.1) is 10.5 Å². The van der Waals surface area contributed by atoms with Crippen molar-refractivity contribution in [3.05, 3.63) is 11.1 Å². The van der Waals surface area contributed by atoms with Gasteiger partial charge in [0.2, 0.25) is 5.91 Å². The van der Waals surface area contributed by atoms with Gasteiger partial charge in [-0.15, -0.1) is 11.3 Å². The standard InChI is InChI=1S/C10H13BrN2OS/c1-6(2)8-5-15-10(12-8)13-4-3-7(11)9(13)14/h5-7H,3-4H2,1-2H3. The molecule has 1 unspecified atom stereocenters. The maximum Gasteiger partial charge on any atom is 0.242 e. The number of hydrogen-bond donors (Lipinski definition) is 0. The number of anilines is 1. The summed E-state index contributed by atoms with van der Waals surface area (Å²) in [7, 11) is 0. The summed E-state index contributed by atoms with van der Waals surface area (Å²) >= 11 is 4.92. The Kier molecular flexibility index (Phi) is 3.11. The Bertz CT molecular complexity index is 377. The number of amides is 1. The van der Waals surface area contributed by atoms with E-state index in [4.69, 9.17) is 0 Å². The fourth-order valence-corrected chi connectivity index (χ4v) is 2.97. The van der Waals surface area contributed by atoms with Crippen molar-refractivity contribution in [3.63, 3.8) is 0 Å². The topological polar surface area (TPSA) is 33.2 Å². The van der Waals surface area contributed by atoms with Gasteiger partial charge >= 0.3 is 0 Å². The van der Waals surface area contributed by atoms with Crippen molar-refractivity contribution in [2.24, 2.45) is 0 Å². The number of nitrogens with zero attached hydrogens (tertiary/aromatic N) is 2. The average molecular weight is 289 g/mol. The van der Waals surface area contributed by atoms with Crippen LogP contribution in [0.5, 0.6) is 0 Å². The van der Waals surface area contributed by atoms with Gasteiger partial charge in [-0.05, 0) is 12.3 Å². The van der Waals surface area contributed by atoms with Crippen molar-refractivity contribution in [2.75, 3.05) is 11.4 Å². The van der Waals surface area contributed by atoms with Crippen LogP contribution in [0.1, 0.15) is 31.9 Å². The zero-order chi connectivity index (χ0) is 11.0. The monoisotopic (exact) mass is 288 g/mol. The molecule has 82 valence electrons. The minimum absolute atomic E-state index is 0.0242. The van der Waals surface area contributed by atoms with E-state index in [-0.39, 0.29) is 10.7 Å². The fourth-order valence-electron chi connectivity index (χ4n) is 1.50. The normalized spacial score (nSPS) is 21.7. The predicted molar refractivity (Wildman–Crippen MR) is 65.9 cm³/mol. The van der Waals surface area contributed by atoms with E-state index in [1.807, 2.05) is 5.38 Å². The van der Waals surface area contributed by atoms with Crippen molar-refractivity contribution in [3.8, 4) is 0 Å². The molecular formula is C10H13BrN2OS. The molecule has 0 aliphatic carbocycles. The second-order valence-corrected chi connectivity index (χ2v) is 5.90. The van der Waals surface area contributed by atoms with Gasteiger partial charge in [0, 0.05) is 11.9 Å². The van der Waals surface area contributed by atoms with Gasteiger partial charge in [-0.25, -0.2) is 4.98 Å². The summed E-state index contributed by atoms with van der Waals surface area (Å²) in [5.41, 5.74) is 1.07. The summed E-state index contributed by atoms with van der Waals surface area (Å²) in [6.45, 7) is 5.00. The van der Waals surface area contributed by atoms with E-state index in [0.717, 1.165) is 23.8 Å². The van der Waals surface area contributed by atoms with Crippen LogP contribution in [0.3, 0.4) is 0 Å². The largest absolute Gasteiger partial charge is 0.287 e. The van der Waals surface area contributed by atoms with E-state index in [1.165, 1.54) is 0 Å². The molecule has 5 heteroatoms. The minimum Gasteiger partial charge on any atom is -0.287 e. The molecule has 1 aliphatic heterocycles. The summed E-state index contributed by atoms with van der Waals surface area (Å²) in [5, 5.41) is 2.88. The first-order valence-electron chi connectivity index (χ1n) is 5.00. The van der Waals surface area contributed by atoms with Crippen LogP contribution in [0, 0.1) is 0 Å². The lowest BCUT2D eigenvalue weighted by molar-refractivity contribution is -0.116. The van der Waals surface area contributed by atoms with Gasteiger partial charge < -0.3 is 0 Å². The molecule has 2 heterocycles. The molecule has 0 aromatic carbocycles. The quantitative estimate of drug-likeness (QED) is 0.784. The third kappa shape index (κ3) is 2.08. The van der Waals surface area contributed by atoms with E-state index in [9.17, 15) is 4.79 Å². The number of rotatable bonds is 2. The summed E-state index contributed by atoms with van der Waals surface area (Å²) in [6.07, 6.45) is 0.870. The SMILES string of the molecule is CC(C)c1csc(N2CCC(Br)C2=O)n1. The lowest BCUT2D eigenvalue weighted by Crippen LogP contribution is -2.26. The first kappa shape index (κ1) is 11.1. The average Bonchev–Trinajstić information content (AvgIpc) is 2.76. The van der Waals surface area contributed by atoms with Crippen LogP contribution in [0.4, 0.5) is 5.13 Å². The van der Waals surface area contributed by atoms with Crippen molar-refractivity contribution < 1.29 is 4.79 Å². The van der Waals surface area contributed by atoms with E-state index in [2.05, 4.69) is 34.8 Å². The molecule has 1 fully saturated rings. The van der Waals surface area contributed by atoms with Gasteiger partial charge in [0.25, 0.3) is 0 Å². The Labute approximate surface area is 102 Å². The lowest BCUT2D eigenvalue weighted by atomic mass is 10.2. The Morgan fingerprint density at radius 2 is 2.40 bits per heavy atom. The third-order valence-corrected chi connectivity index (χ3v) is 4.20. The molecule has 1 aromatic heterocycles. The molecule has 0 saturated carbocycles. The number of aromatic nitrogens is 1. The van der Waals surface area contributed by atoms with Crippen LogP contribution in [0.25, 0.3) is 0 Å². The van der Waals surface area contributed by atoms with Crippen LogP contribution in [-0.2, 0) is 4.79 Å². The maximum atomic E-state index is 11.7. The zero-order valence-electron chi connectivity index (χ0n) is 8.74. The number of carbonyl (C=O) groups is 1. The molecule has 15 heavy (non-hydrogen) atoms. The van der Waals surface area contributed by atoms with Crippen LogP contribution < -0.4 is 4.90 Å². The second kappa shape index (κ2) is 4.22. The van der Waals surface area contributed by atoms with Crippen molar-refractivity contribution in [2.45, 2.75) is 31.0 Å². The van der Waals surface area contributed by atoms with Crippen LogP contribution >= 0.6 is 27.3 Å². The molecule has 0 N–H and O–H groups in total. The Morgan fingerprint density at radius 1 is 1.67 bits per heavy atom. The number of hydrogen-bond acceptors (Lipinski definition) is 3. The van der Waals surface area contributed by atoms with Crippen molar-refractivity contribution in [1.29, 1.82) is 0 Å². The molecule has 1 aliphatic rings. The van der Waals surface area contributed by atoms with Gasteiger partial charge in [-0.1, -0.05) is 29.8 Å². The summed E-state index contributed by atoms with van der Waals surface area (Å²) in [5.74, 6) is 0.562. The van der Waals surface area contributed by atoms with Crippen LogP contribution in [0.15, 0.2) is 5.38 Å². The number of halogens is 1. The van der Waals surface area contributed by atoms with E-state index in [0.29, 0.717) is 5.92 Å². The first-order valence-corrected chi connectivity index (χ1v) is 6.80. The fraction of sp³-hybridized carbons (Fsp3) is 0.600. The molecule has 1 amide bonds. The van der Waals surface area contributed by atoms with Gasteiger partial charge in [0.1, 0.15) is 0 Å². The summed E-state index contributed by atoms with van der Waals surface area (Å²) in [6, 6.07) is 0. The van der Waals surface area contributed by atoms with Gasteiger partial charge in [-0.3, -0.25) is 9.69 Å². The Morgan fingerprint density at radius 3 is 2.87 bits per heavy atom. The van der Waals surface area contributed by atoms with Crippen molar-refractivity contribution >= 4 is 38.3 Å². The van der Waals surface area contributed by atoms with Crippen LogP contribution in [0.2, 0.25) is 0 Å². The maximum absolute atomic E-state index is 11.7. The summed E-state index contributed by atoms with van der Waals surface area (Å²) < 4.78 is 0. The zero-order valence-corrected chi connectivity index (χ0v) is 11.1. The van der Waals surface area contributed by atoms with E-state index >= 15 is 0 Å². The van der Waals surface area contributed by atoms with E-state index < -0.39 is 0 Å². The molecular weight excluding hydrogens is 276 g/mol. The molecule has 1 saturated heterocycles. The summed E-state index contributed by atoms with van der Waals surface area (Å²) in [4.78, 5) is 18.0. The Balaban J connectivity index is 2.20. The highest BCUT2D eigenvalue weighted by molar-refractivity contribution is 9.10. The van der Waals surface area contributed by atoms with E-state index in [1.54, 1.807) is 16.2 Å². The highest BCUT2D eigenvalue weighted by atomic mass is 79.9. The van der Waals surface area contributed by atoms with Gasteiger partial charge in [-0.2, -0.15) is 0 Å². The third-order valence-electron chi connectivity index (χ3n) is 2.47. The highest BCUT2D eigenvalue weighted by Gasteiger charge is 2.32. The number of thiazole rings is 1. The predicted octanol–water partition coefficient (Wildman–Crippen LogP) is 2.77. The molecule has 0 bridgehead atoms. The highest BCUT2D eigenvalue weighted by Crippen LogP contribution is 2.29. The van der Waals surface area contributed by atoms with Gasteiger partial charge in [0.15, 0.2) is 5.13 Å². The molecule has 1 aromatic rings. The smallest absolute Gasteiger partial charge is 0.242 e. The molecule has 2 rings (SSSR count). The lowest BCUT2D eigenvalue weighted by Gasteiger charge is -2.11. The minimum atomic E-state index is -0.0242. The molecule has 3 nitrogen and oxygen atoms in total.